The van der Waals surface area contributed by atoms with E-state index in [1.165, 1.54) is 37.0 Å². The molecule has 3 aromatic rings. The topological polar surface area (TPSA) is 23.8 Å². The van der Waals surface area contributed by atoms with Crippen molar-refractivity contribution < 1.29 is 4.39 Å². The highest BCUT2D eigenvalue weighted by atomic mass is 19.1. The predicted octanol–water partition coefficient (Wildman–Crippen LogP) is 6.23. The van der Waals surface area contributed by atoms with Crippen molar-refractivity contribution in [3.05, 3.63) is 106 Å². The van der Waals surface area contributed by atoms with Gasteiger partial charge < -0.3 is 0 Å². The van der Waals surface area contributed by atoms with Crippen LogP contribution in [0.3, 0.4) is 0 Å². The third-order valence-electron chi connectivity index (χ3n) is 4.70. The Hall–Kier alpha value is -3.80. The molecule has 0 aliphatic heterocycles. The smallest absolute Gasteiger partial charge is 0.140 e. The minimum atomic E-state index is -0.486. The monoisotopic (exact) mass is 391 g/mol. The molecule has 3 rings (SSSR count). The number of aryl methyl sites for hydroxylation is 1. The highest BCUT2D eigenvalue weighted by molar-refractivity contribution is 5.49. The van der Waals surface area contributed by atoms with Crippen molar-refractivity contribution in [1.82, 2.24) is 0 Å². The van der Waals surface area contributed by atoms with Gasteiger partial charge in [-0.3, -0.25) is 0 Å². The van der Waals surface area contributed by atoms with Gasteiger partial charge in [0.2, 0.25) is 0 Å². The van der Waals surface area contributed by atoms with Crippen LogP contribution in [0.1, 0.15) is 59.6 Å². The van der Waals surface area contributed by atoms with Crippen LogP contribution >= 0.6 is 0 Å². The highest BCUT2D eigenvalue weighted by Gasteiger charge is 2.00. The van der Waals surface area contributed by atoms with Gasteiger partial charge in [-0.05, 0) is 73.0 Å². The second-order valence-electron chi connectivity index (χ2n) is 7.04. The zero-order chi connectivity index (χ0) is 21.2. The number of hydrogen-bond donors (Lipinski definition) is 0. The molecule has 0 fully saturated rings. The molecular weight excluding hydrogens is 369 g/mol. The standard InChI is InChI=1S/C28H22FN/c1-2-3-4-5-22-6-8-23(9-7-22)10-11-24-12-14-25(15-13-24)16-18-27-19-17-26(21-30)20-28(27)29/h6-9,12-15,17,19-20H,2-5H2,1H3. The van der Waals surface area contributed by atoms with E-state index in [9.17, 15) is 4.39 Å². The lowest BCUT2D eigenvalue weighted by molar-refractivity contribution is 0.624. The van der Waals surface area contributed by atoms with Gasteiger partial charge in [0.25, 0.3) is 0 Å². The van der Waals surface area contributed by atoms with Crippen molar-refractivity contribution in [1.29, 1.82) is 5.26 Å². The van der Waals surface area contributed by atoms with E-state index in [2.05, 4.69) is 54.9 Å². The first-order chi connectivity index (χ1) is 14.7. The molecular formula is C28H22FN. The zero-order valence-electron chi connectivity index (χ0n) is 17.0. The van der Waals surface area contributed by atoms with E-state index in [0.717, 1.165) is 23.1 Å². The molecule has 0 aliphatic carbocycles. The Morgan fingerprint density at radius 3 is 1.77 bits per heavy atom. The molecule has 0 saturated heterocycles. The van der Waals surface area contributed by atoms with Gasteiger partial charge in [0.15, 0.2) is 0 Å². The van der Waals surface area contributed by atoms with Crippen LogP contribution in [0.25, 0.3) is 0 Å². The van der Waals surface area contributed by atoms with Crippen LogP contribution in [-0.2, 0) is 6.42 Å². The Labute approximate surface area is 178 Å². The van der Waals surface area contributed by atoms with E-state index < -0.39 is 5.82 Å². The van der Waals surface area contributed by atoms with Crippen LogP contribution in [0, 0.1) is 40.8 Å². The average Bonchev–Trinajstić information content (AvgIpc) is 2.78. The van der Waals surface area contributed by atoms with Crippen molar-refractivity contribution >= 4 is 0 Å². The summed E-state index contributed by atoms with van der Waals surface area (Å²) in [6.45, 7) is 2.22. The lowest BCUT2D eigenvalue weighted by Gasteiger charge is -2.00. The summed E-state index contributed by atoms with van der Waals surface area (Å²) >= 11 is 0. The SMILES string of the molecule is CCCCCc1ccc(C#Cc2ccc(C#Cc3ccc(C#N)cc3F)cc2)cc1. The Morgan fingerprint density at radius 2 is 1.23 bits per heavy atom. The van der Waals surface area contributed by atoms with Gasteiger partial charge in [-0.15, -0.1) is 0 Å². The molecule has 0 atom stereocenters. The number of nitrogens with zero attached hydrogens (tertiary/aromatic N) is 1. The first-order valence-electron chi connectivity index (χ1n) is 10.1. The zero-order valence-corrected chi connectivity index (χ0v) is 17.0. The van der Waals surface area contributed by atoms with Gasteiger partial charge in [0.05, 0.1) is 17.2 Å². The maximum absolute atomic E-state index is 13.9. The summed E-state index contributed by atoms with van der Waals surface area (Å²) in [5, 5.41) is 8.79. The van der Waals surface area contributed by atoms with Crippen LogP contribution in [0.15, 0.2) is 66.7 Å². The van der Waals surface area contributed by atoms with Gasteiger partial charge >= 0.3 is 0 Å². The average molecular weight is 391 g/mol. The Kier molecular flexibility index (Phi) is 7.44. The maximum atomic E-state index is 13.9. The summed E-state index contributed by atoms with van der Waals surface area (Å²) < 4.78 is 13.9. The number of unbranched alkanes of at least 4 members (excludes halogenated alkanes) is 2. The Bertz CT molecular complexity index is 1160. The molecule has 30 heavy (non-hydrogen) atoms. The molecule has 0 radical (unpaired) electrons. The molecule has 1 nitrogen and oxygen atoms in total. The number of nitriles is 1. The van der Waals surface area contributed by atoms with Crippen molar-refractivity contribution in [2.24, 2.45) is 0 Å². The second-order valence-corrected chi connectivity index (χ2v) is 7.04. The van der Waals surface area contributed by atoms with Crippen molar-refractivity contribution in [2.45, 2.75) is 32.6 Å². The highest BCUT2D eigenvalue weighted by Crippen LogP contribution is 2.10. The summed E-state index contributed by atoms with van der Waals surface area (Å²) in [6.07, 6.45) is 4.86. The van der Waals surface area contributed by atoms with E-state index >= 15 is 0 Å². The lowest BCUT2D eigenvalue weighted by atomic mass is 10.1. The van der Waals surface area contributed by atoms with Crippen molar-refractivity contribution in [2.75, 3.05) is 0 Å². The maximum Gasteiger partial charge on any atom is 0.140 e. The Morgan fingerprint density at radius 1 is 0.700 bits per heavy atom. The van der Waals surface area contributed by atoms with Gasteiger partial charge in [0.1, 0.15) is 5.82 Å². The van der Waals surface area contributed by atoms with Crippen LogP contribution in [0.2, 0.25) is 0 Å². The van der Waals surface area contributed by atoms with Crippen LogP contribution < -0.4 is 0 Å². The summed E-state index contributed by atoms with van der Waals surface area (Å²) in [5.74, 6) is 11.6. The van der Waals surface area contributed by atoms with Gasteiger partial charge in [-0.2, -0.15) is 5.26 Å². The third-order valence-corrected chi connectivity index (χ3v) is 4.70. The van der Waals surface area contributed by atoms with Gasteiger partial charge in [-0.1, -0.05) is 55.6 Å². The molecule has 0 spiro atoms. The molecule has 0 aliphatic rings. The molecule has 0 heterocycles. The summed E-state index contributed by atoms with van der Waals surface area (Å²) in [6, 6.07) is 22.2. The molecule has 0 amide bonds. The van der Waals surface area contributed by atoms with E-state index in [4.69, 9.17) is 5.26 Å². The Balaban J connectivity index is 1.64. The normalized spacial score (nSPS) is 9.63. The number of rotatable bonds is 4. The third kappa shape index (κ3) is 6.10. The predicted molar refractivity (Wildman–Crippen MR) is 119 cm³/mol. The lowest BCUT2D eigenvalue weighted by Crippen LogP contribution is -1.86. The second kappa shape index (κ2) is 10.7. The van der Waals surface area contributed by atoms with E-state index in [0.29, 0.717) is 0 Å². The fraction of sp³-hybridized carbons (Fsp3) is 0.179. The van der Waals surface area contributed by atoms with E-state index in [-0.39, 0.29) is 11.1 Å². The van der Waals surface area contributed by atoms with Crippen molar-refractivity contribution in [3.8, 4) is 29.8 Å². The molecule has 146 valence electrons. The molecule has 0 aromatic heterocycles. The largest absolute Gasteiger partial charge is 0.206 e. The fourth-order valence-electron chi connectivity index (χ4n) is 2.94. The number of benzene rings is 3. The molecule has 0 saturated carbocycles. The van der Waals surface area contributed by atoms with E-state index in [1.807, 2.05) is 30.3 Å². The van der Waals surface area contributed by atoms with Gasteiger partial charge in [-0.25, -0.2) is 4.39 Å². The molecule has 3 aromatic carbocycles. The molecule has 0 bridgehead atoms. The summed E-state index contributed by atoms with van der Waals surface area (Å²) in [7, 11) is 0. The minimum Gasteiger partial charge on any atom is -0.206 e. The first kappa shape index (κ1) is 20.9. The van der Waals surface area contributed by atoms with Crippen LogP contribution in [0.4, 0.5) is 4.39 Å². The summed E-state index contributed by atoms with van der Waals surface area (Å²) in [4.78, 5) is 0. The number of halogens is 1. The minimum absolute atomic E-state index is 0.274. The summed E-state index contributed by atoms with van der Waals surface area (Å²) in [5.41, 5.74) is 4.59. The van der Waals surface area contributed by atoms with Crippen LogP contribution in [-0.4, -0.2) is 0 Å². The van der Waals surface area contributed by atoms with Crippen molar-refractivity contribution in [3.63, 3.8) is 0 Å². The molecule has 0 N–H and O–H groups in total. The first-order valence-corrected chi connectivity index (χ1v) is 10.1. The quantitative estimate of drug-likeness (QED) is 0.382. The fourth-order valence-corrected chi connectivity index (χ4v) is 2.94. The molecule has 2 heteroatoms. The number of hydrogen-bond acceptors (Lipinski definition) is 1. The van der Waals surface area contributed by atoms with Crippen LogP contribution in [0.5, 0.6) is 0 Å². The molecule has 0 unspecified atom stereocenters. The van der Waals surface area contributed by atoms with Gasteiger partial charge in [0, 0.05) is 16.7 Å². The van der Waals surface area contributed by atoms with E-state index in [1.54, 1.807) is 6.07 Å².